The van der Waals surface area contributed by atoms with Crippen molar-refractivity contribution in [2.24, 2.45) is 0 Å². The number of aromatic amines is 1. The van der Waals surface area contributed by atoms with Gasteiger partial charge in [0.25, 0.3) is 5.56 Å². The lowest BCUT2D eigenvalue weighted by Crippen LogP contribution is -2.14. The van der Waals surface area contributed by atoms with E-state index in [1.165, 1.54) is 18.2 Å². The van der Waals surface area contributed by atoms with Crippen LogP contribution in [0.15, 0.2) is 35.4 Å². The van der Waals surface area contributed by atoms with Crippen molar-refractivity contribution in [3.8, 4) is 0 Å². The zero-order valence-corrected chi connectivity index (χ0v) is 10.7. The number of halogens is 4. The van der Waals surface area contributed by atoms with Gasteiger partial charge < -0.3 is 10.3 Å². The van der Waals surface area contributed by atoms with Crippen molar-refractivity contribution >= 4 is 17.4 Å². The molecular formula is C12H9ClF3N3O. The van der Waals surface area contributed by atoms with Crippen molar-refractivity contribution in [1.29, 1.82) is 0 Å². The lowest BCUT2D eigenvalue weighted by Gasteiger charge is -2.13. The summed E-state index contributed by atoms with van der Waals surface area (Å²) in [6, 6.07) is 5.14. The summed E-state index contributed by atoms with van der Waals surface area (Å²) in [5.41, 5.74) is -1.26. The van der Waals surface area contributed by atoms with Crippen LogP contribution in [-0.4, -0.2) is 9.97 Å². The van der Waals surface area contributed by atoms with E-state index in [2.05, 4.69) is 15.3 Å². The van der Waals surface area contributed by atoms with Gasteiger partial charge in [0.2, 0.25) is 0 Å². The number of H-pyrrole nitrogens is 1. The van der Waals surface area contributed by atoms with Crippen molar-refractivity contribution in [3.63, 3.8) is 0 Å². The van der Waals surface area contributed by atoms with Crippen molar-refractivity contribution in [3.05, 3.63) is 57.1 Å². The second-order valence-corrected chi connectivity index (χ2v) is 4.28. The SMILES string of the molecule is O=c1[nH]cnc(NCc2ccccc2C(F)(F)F)c1Cl. The molecule has 0 bridgehead atoms. The Labute approximate surface area is 116 Å². The van der Waals surface area contributed by atoms with Crippen LogP contribution < -0.4 is 10.9 Å². The zero-order chi connectivity index (χ0) is 14.8. The molecule has 1 aromatic carbocycles. The van der Waals surface area contributed by atoms with Gasteiger partial charge in [0.05, 0.1) is 11.9 Å². The molecule has 0 aliphatic rings. The molecule has 1 heterocycles. The molecule has 4 nitrogen and oxygen atoms in total. The van der Waals surface area contributed by atoms with Crippen LogP contribution in [0.4, 0.5) is 19.0 Å². The normalized spacial score (nSPS) is 11.4. The molecule has 0 atom stereocenters. The van der Waals surface area contributed by atoms with Crippen LogP contribution in [-0.2, 0) is 12.7 Å². The highest BCUT2D eigenvalue weighted by Gasteiger charge is 2.32. The molecule has 0 spiro atoms. The van der Waals surface area contributed by atoms with E-state index in [1.807, 2.05) is 0 Å². The molecule has 20 heavy (non-hydrogen) atoms. The van der Waals surface area contributed by atoms with Gasteiger partial charge in [-0.05, 0) is 11.6 Å². The highest BCUT2D eigenvalue weighted by atomic mass is 35.5. The molecule has 0 saturated carbocycles. The van der Waals surface area contributed by atoms with Gasteiger partial charge in [-0.15, -0.1) is 0 Å². The Bertz CT molecular complexity index is 669. The van der Waals surface area contributed by atoms with Crippen molar-refractivity contribution in [1.82, 2.24) is 9.97 Å². The number of hydrogen-bond acceptors (Lipinski definition) is 3. The van der Waals surface area contributed by atoms with E-state index in [0.717, 1.165) is 12.4 Å². The fourth-order valence-corrected chi connectivity index (χ4v) is 1.81. The maximum atomic E-state index is 12.8. The van der Waals surface area contributed by atoms with Gasteiger partial charge in [0.1, 0.15) is 5.02 Å². The summed E-state index contributed by atoms with van der Waals surface area (Å²) < 4.78 is 38.4. The van der Waals surface area contributed by atoms with Gasteiger partial charge in [-0.1, -0.05) is 29.8 Å². The summed E-state index contributed by atoms with van der Waals surface area (Å²) >= 11 is 5.70. The third-order valence-electron chi connectivity index (χ3n) is 2.57. The average Bonchev–Trinajstić information content (AvgIpc) is 2.40. The molecule has 0 aliphatic heterocycles. The number of nitrogens with one attached hydrogen (secondary N) is 2. The quantitative estimate of drug-likeness (QED) is 0.916. The number of hydrogen-bond donors (Lipinski definition) is 2. The largest absolute Gasteiger partial charge is 0.416 e. The van der Waals surface area contributed by atoms with Crippen molar-refractivity contribution in [2.75, 3.05) is 5.32 Å². The number of aromatic nitrogens is 2. The summed E-state index contributed by atoms with van der Waals surface area (Å²) in [6.07, 6.45) is -3.32. The molecule has 8 heteroatoms. The van der Waals surface area contributed by atoms with Crippen molar-refractivity contribution < 1.29 is 13.2 Å². The third kappa shape index (κ3) is 3.11. The predicted molar refractivity (Wildman–Crippen MR) is 68.6 cm³/mol. The van der Waals surface area contributed by atoms with Gasteiger partial charge in [-0.2, -0.15) is 13.2 Å². The molecule has 0 aliphatic carbocycles. The number of nitrogens with zero attached hydrogens (tertiary/aromatic N) is 1. The molecule has 1 aromatic heterocycles. The van der Waals surface area contributed by atoms with Gasteiger partial charge in [0, 0.05) is 6.54 Å². The monoisotopic (exact) mass is 303 g/mol. The molecule has 106 valence electrons. The average molecular weight is 304 g/mol. The highest BCUT2D eigenvalue weighted by Crippen LogP contribution is 2.32. The highest BCUT2D eigenvalue weighted by molar-refractivity contribution is 6.32. The van der Waals surface area contributed by atoms with E-state index < -0.39 is 17.3 Å². The molecule has 2 rings (SSSR count). The van der Waals surface area contributed by atoms with E-state index in [4.69, 9.17) is 11.6 Å². The van der Waals surface area contributed by atoms with Crippen LogP contribution in [0.2, 0.25) is 5.02 Å². The molecule has 0 unspecified atom stereocenters. The Kier molecular flexibility index (Phi) is 3.99. The topological polar surface area (TPSA) is 57.8 Å². The number of alkyl halides is 3. The standard InChI is InChI=1S/C12H9ClF3N3O/c13-9-10(18-6-19-11(9)20)17-5-7-3-1-2-4-8(7)12(14,15)16/h1-4,6H,5H2,(H2,17,18,19,20). The smallest absolute Gasteiger partial charge is 0.365 e. The second-order valence-electron chi connectivity index (χ2n) is 3.90. The maximum Gasteiger partial charge on any atom is 0.416 e. The van der Waals surface area contributed by atoms with Crippen LogP contribution >= 0.6 is 11.6 Å². The molecule has 0 saturated heterocycles. The maximum absolute atomic E-state index is 12.8. The number of benzene rings is 1. The number of rotatable bonds is 3. The van der Waals surface area contributed by atoms with Crippen LogP contribution in [0.1, 0.15) is 11.1 Å². The van der Waals surface area contributed by atoms with E-state index in [1.54, 1.807) is 0 Å². The lowest BCUT2D eigenvalue weighted by atomic mass is 10.1. The Morgan fingerprint density at radius 1 is 1.30 bits per heavy atom. The summed E-state index contributed by atoms with van der Waals surface area (Å²) in [7, 11) is 0. The minimum atomic E-state index is -4.44. The van der Waals surface area contributed by atoms with Gasteiger partial charge in [-0.3, -0.25) is 4.79 Å². The summed E-state index contributed by atoms with van der Waals surface area (Å²) in [4.78, 5) is 17.3. The van der Waals surface area contributed by atoms with Gasteiger partial charge in [-0.25, -0.2) is 4.98 Å². The van der Waals surface area contributed by atoms with Crippen LogP contribution in [0.3, 0.4) is 0 Å². The Hall–Kier alpha value is -2.02. The van der Waals surface area contributed by atoms with Crippen molar-refractivity contribution in [2.45, 2.75) is 12.7 Å². The first-order valence-corrected chi connectivity index (χ1v) is 5.89. The minimum Gasteiger partial charge on any atom is -0.365 e. The first-order valence-electron chi connectivity index (χ1n) is 5.51. The third-order valence-corrected chi connectivity index (χ3v) is 2.92. The van der Waals surface area contributed by atoms with E-state index in [0.29, 0.717) is 0 Å². The first-order chi connectivity index (χ1) is 9.39. The van der Waals surface area contributed by atoms with E-state index >= 15 is 0 Å². The minimum absolute atomic E-state index is 0.0346. The fraction of sp³-hybridized carbons (Fsp3) is 0.167. The molecular weight excluding hydrogens is 295 g/mol. The summed E-state index contributed by atoms with van der Waals surface area (Å²) in [6.45, 7) is -0.147. The second kappa shape index (κ2) is 5.54. The predicted octanol–water partition coefficient (Wildman–Crippen LogP) is 3.05. The summed E-state index contributed by atoms with van der Waals surface area (Å²) in [5, 5.41) is 2.42. The molecule has 0 radical (unpaired) electrons. The molecule has 0 fully saturated rings. The number of anilines is 1. The molecule has 0 amide bonds. The zero-order valence-electron chi connectivity index (χ0n) is 9.96. The Morgan fingerprint density at radius 3 is 2.70 bits per heavy atom. The van der Waals surface area contributed by atoms with Gasteiger partial charge in [0.15, 0.2) is 5.82 Å². The van der Waals surface area contributed by atoms with Gasteiger partial charge >= 0.3 is 6.18 Å². The molecule has 2 N–H and O–H groups in total. The van der Waals surface area contributed by atoms with E-state index in [-0.39, 0.29) is 22.9 Å². The fourth-order valence-electron chi connectivity index (χ4n) is 1.64. The first kappa shape index (κ1) is 14.4. The van der Waals surface area contributed by atoms with E-state index in [9.17, 15) is 18.0 Å². The van der Waals surface area contributed by atoms with Crippen LogP contribution in [0.25, 0.3) is 0 Å². The van der Waals surface area contributed by atoms with Crippen LogP contribution in [0, 0.1) is 0 Å². The Balaban J connectivity index is 2.24. The summed E-state index contributed by atoms with van der Waals surface area (Å²) in [5.74, 6) is 0.0346. The Morgan fingerprint density at radius 2 is 2.00 bits per heavy atom. The molecule has 2 aromatic rings. The lowest BCUT2D eigenvalue weighted by molar-refractivity contribution is -0.138. The van der Waals surface area contributed by atoms with Crippen LogP contribution in [0.5, 0.6) is 0 Å².